The Kier molecular flexibility index (Phi) is 5.90. The highest BCUT2D eigenvalue weighted by molar-refractivity contribution is 5.92. The molecule has 6 heteroatoms. The third-order valence-corrected chi connectivity index (χ3v) is 6.67. The van der Waals surface area contributed by atoms with Gasteiger partial charge >= 0.3 is 0 Å². The standard InChI is InChI=1S/C23H32N4O2/c1-16-5-4-6-21(18(16)3)27-11-9-26(10-12-27)8-7-19-13-20(14-19)25-23(28)22-17(2)15-24-29-22/h4-6,15,19-20H,7-14H2,1-3H3,(H,25,28). The van der Waals surface area contributed by atoms with Gasteiger partial charge in [0.1, 0.15) is 0 Å². The van der Waals surface area contributed by atoms with Crippen molar-refractivity contribution >= 4 is 11.6 Å². The maximum absolute atomic E-state index is 12.2. The molecule has 0 bridgehead atoms. The maximum atomic E-state index is 12.2. The Bertz CT molecular complexity index is 848. The number of benzene rings is 1. The number of aromatic nitrogens is 1. The van der Waals surface area contributed by atoms with Gasteiger partial charge in [-0.2, -0.15) is 0 Å². The minimum atomic E-state index is -0.133. The lowest BCUT2D eigenvalue weighted by atomic mass is 9.78. The Morgan fingerprint density at radius 3 is 2.59 bits per heavy atom. The molecule has 1 aliphatic carbocycles. The summed E-state index contributed by atoms with van der Waals surface area (Å²) in [4.78, 5) is 17.3. The highest BCUT2D eigenvalue weighted by atomic mass is 16.5. The minimum Gasteiger partial charge on any atom is -0.369 e. The molecule has 2 aliphatic rings. The van der Waals surface area contributed by atoms with Crippen molar-refractivity contribution in [2.75, 3.05) is 37.6 Å². The quantitative estimate of drug-likeness (QED) is 0.812. The normalized spacial score (nSPS) is 22.4. The Hall–Kier alpha value is -2.34. The molecular formula is C23H32N4O2. The number of carbonyl (C=O) groups excluding carboxylic acids is 1. The molecule has 1 aromatic carbocycles. The number of nitrogens with one attached hydrogen (secondary N) is 1. The molecule has 0 radical (unpaired) electrons. The van der Waals surface area contributed by atoms with Crippen LogP contribution in [0.15, 0.2) is 28.9 Å². The van der Waals surface area contributed by atoms with Crippen LogP contribution in [0.25, 0.3) is 0 Å². The average Bonchev–Trinajstić information content (AvgIpc) is 3.12. The molecule has 6 nitrogen and oxygen atoms in total. The summed E-state index contributed by atoms with van der Waals surface area (Å²) in [5.74, 6) is 0.925. The van der Waals surface area contributed by atoms with Crippen molar-refractivity contribution in [3.63, 3.8) is 0 Å². The van der Waals surface area contributed by atoms with Crippen molar-refractivity contribution in [1.82, 2.24) is 15.4 Å². The third-order valence-electron chi connectivity index (χ3n) is 6.67. The molecule has 2 aromatic rings. The van der Waals surface area contributed by atoms with Gasteiger partial charge in [-0.05, 0) is 69.7 Å². The summed E-state index contributed by atoms with van der Waals surface area (Å²) in [5.41, 5.74) is 4.96. The van der Waals surface area contributed by atoms with E-state index in [4.69, 9.17) is 4.52 Å². The third kappa shape index (κ3) is 4.47. The van der Waals surface area contributed by atoms with Gasteiger partial charge in [-0.15, -0.1) is 0 Å². The number of carbonyl (C=O) groups is 1. The van der Waals surface area contributed by atoms with Crippen LogP contribution in [0.2, 0.25) is 0 Å². The monoisotopic (exact) mass is 396 g/mol. The van der Waals surface area contributed by atoms with Crippen molar-refractivity contribution < 1.29 is 9.32 Å². The molecule has 1 saturated heterocycles. The van der Waals surface area contributed by atoms with Crippen molar-refractivity contribution in [3.05, 3.63) is 46.8 Å². The van der Waals surface area contributed by atoms with Gasteiger partial charge in [0.25, 0.3) is 5.91 Å². The molecule has 2 fully saturated rings. The lowest BCUT2D eigenvalue weighted by molar-refractivity contribution is 0.0840. The fourth-order valence-electron chi connectivity index (χ4n) is 4.51. The van der Waals surface area contributed by atoms with Crippen LogP contribution in [0.4, 0.5) is 5.69 Å². The Labute approximate surface area is 173 Å². The summed E-state index contributed by atoms with van der Waals surface area (Å²) in [5, 5.41) is 6.75. The first-order valence-electron chi connectivity index (χ1n) is 10.8. The molecule has 0 unspecified atom stereocenters. The number of hydrogen-bond donors (Lipinski definition) is 1. The van der Waals surface area contributed by atoms with Crippen molar-refractivity contribution in [2.45, 2.75) is 46.1 Å². The van der Waals surface area contributed by atoms with Gasteiger partial charge in [0.2, 0.25) is 5.76 Å². The molecule has 1 amide bonds. The molecule has 1 aromatic heterocycles. The summed E-state index contributed by atoms with van der Waals surface area (Å²) < 4.78 is 5.03. The summed E-state index contributed by atoms with van der Waals surface area (Å²) in [6.07, 6.45) is 4.94. The van der Waals surface area contributed by atoms with E-state index in [2.05, 4.69) is 52.3 Å². The van der Waals surface area contributed by atoms with Gasteiger partial charge in [0, 0.05) is 43.5 Å². The molecule has 4 rings (SSSR count). The molecule has 1 N–H and O–H groups in total. The lowest BCUT2D eigenvalue weighted by Gasteiger charge is -2.40. The van der Waals surface area contributed by atoms with E-state index in [1.54, 1.807) is 6.20 Å². The Morgan fingerprint density at radius 2 is 1.90 bits per heavy atom. The van der Waals surface area contributed by atoms with Crippen LogP contribution in [0.3, 0.4) is 0 Å². The van der Waals surface area contributed by atoms with E-state index in [-0.39, 0.29) is 11.9 Å². The second kappa shape index (κ2) is 8.57. The van der Waals surface area contributed by atoms with Gasteiger partial charge in [0.15, 0.2) is 0 Å². The SMILES string of the molecule is Cc1cnoc1C(=O)NC1CC(CCN2CCN(c3cccc(C)c3C)CC2)C1. The molecule has 0 spiro atoms. The van der Waals surface area contributed by atoms with Gasteiger partial charge < -0.3 is 14.7 Å². The number of hydrogen-bond acceptors (Lipinski definition) is 5. The van der Waals surface area contributed by atoms with E-state index >= 15 is 0 Å². The van der Waals surface area contributed by atoms with Crippen LogP contribution in [0.1, 0.15) is 46.5 Å². The Balaban J connectivity index is 1.15. The largest absolute Gasteiger partial charge is 0.369 e. The molecule has 1 saturated carbocycles. The second-order valence-corrected chi connectivity index (χ2v) is 8.68. The van der Waals surface area contributed by atoms with E-state index in [0.717, 1.165) is 51.1 Å². The van der Waals surface area contributed by atoms with Crippen LogP contribution in [-0.4, -0.2) is 54.7 Å². The number of anilines is 1. The molecule has 156 valence electrons. The number of amides is 1. The molecule has 0 atom stereocenters. The van der Waals surface area contributed by atoms with Crippen LogP contribution in [0.5, 0.6) is 0 Å². The van der Waals surface area contributed by atoms with Crippen LogP contribution < -0.4 is 10.2 Å². The van der Waals surface area contributed by atoms with Crippen molar-refractivity contribution in [3.8, 4) is 0 Å². The van der Waals surface area contributed by atoms with Gasteiger partial charge in [-0.3, -0.25) is 9.69 Å². The Morgan fingerprint density at radius 1 is 1.14 bits per heavy atom. The summed E-state index contributed by atoms with van der Waals surface area (Å²) in [7, 11) is 0. The van der Waals surface area contributed by atoms with Gasteiger partial charge in [0.05, 0.1) is 6.20 Å². The van der Waals surface area contributed by atoms with Crippen LogP contribution >= 0.6 is 0 Å². The van der Waals surface area contributed by atoms with Crippen molar-refractivity contribution in [2.24, 2.45) is 5.92 Å². The molecule has 2 heterocycles. The zero-order chi connectivity index (χ0) is 20.4. The van der Waals surface area contributed by atoms with Gasteiger partial charge in [-0.1, -0.05) is 17.3 Å². The predicted octanol–water partition coefficient (Wildman–Crippen LogP) is 3.32. The molecule has 1 aliphatic heterocycles. The predicted molar refractivity (Wildman–Crippen MR) is 114 cm³/mol. The van der Waals surface area contributed by atoms with E-state index in [9.17, 15) is 4.79 Å². The average molecular weight is 397 g/mol. The first-order chi connectivity index (χ1) is 14.0. The minimum absolute atomic E-state index is 0.133. The number of piperazine rings is 1. The summed E-state index contributed by atoms with van der Waals surface area (Å²) in [6, 6.07) is 6.88. The van der Waals surface area contributed by atoms with E-state index in [1.807, 2.05) is 6.92 Å². The fraction of sp³-hybridized carbons (Fsp3) is 0.565. The zero-order valence-electron chi connectivity index (χ0n) is 17.8. The maximum Gasteiger partial charge on any atom is 0.290 e. The number of nitrogens with zero attached hydrogens (tertiary/aromatic N) is 3. The van der Waals surface area contributed by atoms with E-state index < -0.39 is 0 Å². The fourth-order valence-corrected chi connectivity index (χ4v) is 4.51. The second-order valence-electron chi connectivity index (χ2n) is 8.68. The first-order valence-corrected chi connectivity index (χ1v) is 10.8. The summed E-state index contributed by atoms with van der Waals surface area (Å²) in [6.45, 7) is 11.9. The first kappa shape index (κ1) is 20.0. The topological polar surface area (TPSA) is 61.6 Å². The number of aryl methyl sites for hydroxylation is 2. The molecular weight excluding hydrogens is 364 g/mol. The van der Waals surface area contributed by atoms with Gasteiger partial charge in [-0.25, -0.2) is 0 Å². The van der Waals surface area contributed by atoms with Crippen LogP contribution in [-0.2, 0) is 0 Å². The highest BCUT2D eigenvalue weighted by Crippen LogP contribution is 2.31. The smallest absolute Gasteiger partial charge is 0.290 e. The zero-order valence-corrected chi connectivity index (χ0v) is 17.8. The van der Waals surface area contributed by atoms with E-state index in [1.165, 1.54) is 23.2 Å². The summed E-state index contributed by atoms with van der Waals surface area (Å²) >= 11 is 0. The number of rotatable bonds is 6. The van der Waals surface area contributed by atoms with Crippen LogP contribution in [0, 0.1) is 26.7 Å². The lowest BCUT2D eigenvalue weighted by Crippen LogP contribution is -2.48. The molecule has 29 heavy (non-hydrogen) atoms. The van der Waals surface area contributed by atoms with Crippen molar-refractivity contribution in [1.29, 1.82) is 0 Å². The van der Waals surface area contributed by atoms with E-state index in [0.29, 0.717) is 11.7 Å². The highest BCUT2D eigenvalue weighted by Gasteiger charge is 2.32.